The van der Waals surface area contributed by atoms with Gasteiger partial charge >= 0.3 is 0 Å². The molecule has 2 atom stereocenters. The average Bonchev–Trinajstić information content (AvgIpc) is 2.20. The van der Waals surface area contributed by atoms with E-state index in [4.69, 9.17) is 5.73 Å². The summed E-state index contributed by atoms with van der Waals surface area (Å²) in [6.45, 7) is 5.90. The Bertz CT molecular complexity index is 393. The number of hydrogen-bond donors (Lipinski definition) is 2. The largest absolute Gasteiger partial charge is 0.388 e. The molecule has 0 bridgehead atoms. The van der Waals surface area contributed by atoms with E-state index in [0.717, 1.165) is 12.1 Å². The van der Waals surface area contributed by atoms with Crippen molar-refractivity contribution >= 4 is 12.4 Å². The van der Waals surface area contributed by atoms with Gasteiger partial charge in [-0.1, -0.05) is 26.8 Å². The summed E-state index contributed by atoms with van der Waals surface area (Å²) >= 11 is 0. The molecule has 0 aliphatic carbocycles. The maximum atomic E-state index is 13.0. The highest BCUT2D eigenvalue weighted by atomic mass is 35.5. The van der Waals surface area contributed by atoms with Gasteiger partial charge in [-0.15, -0.1) is 12.4 Å². The van der Waals surface area contributed by atoms with Crippen molar-refractivity contribution in [2.75, 3.05) is 0 Å². The average molecular weight is 280 g/mol. The Morgan fingerprint density at radius 3 is 2.22 bits per heavy atom. The summed E-state index contributed by atoms with van der Waals surface area (Å²) in [5.74, 6) is -1.87. The van der Waals surface area contributed by atoms with Gasteiger partial charge in [0.05, 0.1) is 6.10 Å². The molecule has 0 aliphatic heterocycles. The SMILES string of the molecule is CC(C)(C)[C@@H](N)C[C@@H](O)c1ccc(F)c(F)c1.Cl. The Morgan fingerprint density at radius 1 is 1.22 bits per heavy atom. The number of aliphatic hydroxyl groups excluding tert-OH is 1. The molecule has 0 radical (unpaired) electrons. The van der Waals surface area contributed by atoms with Crippen molar-refractivity contribution in [3.8, 4) is 0 Å². The number of nitrogens with two attached hydrogens (primary N) is 1. The molecule has 1 aromatic rings. The quantitative estimate of drug-likeness (QED) is 0.893. The van der Waals surface area contributed by atoms with Gasteiger partial charge in [-0.2, -0.15) is 0 Å². The summed E-state index contributed by atoms with van der Waals surface area (Å²) in [6.07, 6.45) is -0.562. The Hall–Kier alpha value is -0.710. The number of rotatable bonds is 3. The van der Waals surface area contributed by atoms with Crippen LogP contribution in [0.2, 0.25) is 0 Å². The zero-order valence-electron chi connectivity index (χ0n) is 10.8. The van der Waals surface area contributed by atoms with Crippen molar-refractivity contribution in [1.82, 2.24) is 0 Å². The van der Waals surface area contributed by atoms with Crippen molar-refractivity contribution < 1.29 is 13.9 Å². The van der Waals surface area contributed by atoms with E-state index in [0.29, 0.717) is 12.0 Å². The van der Waals surface area contributed by atoms with E-state index < -0.39 is 17.7 Å². The second kappa shape index (κ2) is 6.45. The number of hydrogen-bond acceptors (Lipinski definition) is 2. The molecule has 104 valence electrons. The van der Waals surface area contributed by atoms with Gasteiger partial charge in [-0.05, 0) is 29.5 Å². The zero-order chi connectivity index (χ0) is 13.2. The van der Waals surface area contributed by atoms with Gasteiger partial charge in [-0.25, -0.2) is 8.78 Å². The summed E-state index contributed by atoms with van der Waals surface area (Å²) < 4.78 is 25.7. The molecule has 0 amide bonds. The minimum atomic E-state index is -0.953. The Morgan fingerprint density at radius 2 is 1.78 bits per heavy atom. The number of benzene rings is 1. The molecule has 3 N–H and O–H groups in total. The topological polar surface area (TPSA) is 46.2 Å². The maximum absolute atomic E-state index is 13.0. The van der Waals surface area contributed by atoms with E-state index in [9.17, 15) is 13.9 Å². The van der Waals surface area contributed by atoms with Gasteiger partial charge in [0.15, 0.2) is 11.6 Å². The van der Waals surface area contributed by atoms with Crippen LogP contribution in [0.5, 0.6) is 0 Å². The van der Waals surface area contributed by atoms with E-state index in [1.807, 2.05) is 20.8 Å². The van der Waals surface area contributed by atoms with Crippen LogP contribution < -0.4 is 5.73 Å². The standard InChI is InChI=1S/C13H19F2NO.ClH/c1-13(2,3)12(16)7-11(17)8-4-5-9(14)10(15)6-8;/h4-6,11-12,17H,7,16H2,1-3H3;1H/t11-,12+;/m1./s1. The molecule has 0 heterocycles. The van der Waals surface area contributed by atoms with Gasteiger partial charge in [-0.3, -0.25) is 0 Å². The van der Waals surface area contributed by atoms with E-state index in [1.54, 1.807) is 0 Å². The second-order valence-corrected chi connectivity index (χ2v) is 5.40. The van der Waals surface area contributed by atoms with E-state index in [1.165, 1.54) is 6.07 Å². The van der Waals surface area contributed by atoms with Crippen LogP contribution in [0, 0.1) is 17.0 Å². The van der Waals surface area contributed by atoms with Crippen LogP contribution >= 0.6 is 12.4 Å². The molecule has 0 fully saturated rings. The second-order valence-electron chi connectivity index (χ2n) is 5.40. The number of halogens is 3. The molecule has 5 heteroatoms. The highest BCUT2D eigenvalue weighted by Gasteiger charge is 2.24. The normalized spacial score (nSPS) is 14.8. The Kier molecular flexibility index (Phi) is 6.20. The van der Waals surface area contributed by atoms with Crippen molar-refractivity contribution in [3.63, 3.8) is 0 Å². The summed E-state index contributed by atoms with van der Waals surface area (Å²) in [6, 6.07) is 3.18. The molecule has 0 unspecified atom stereocenters. The third-order valence-electron chi connectivity index (χ3n) is 2.92. The highest BCUT2D eigenvalue weighted by Crippen LogP contribution is 2.27. The Balaban J connectivity index is 0.00000289. The first kappa shape index (κ1) is 17.3. The van der Waals surface area contributed by atoms with Crippen molar-refractivity contribution in [2.45, 2.75) is 39.3 Å². The Labute approximate surface area is 113 Å². The third kappa shape index (κ3) is 4.52. The summed E-state index contributed by atoms with van der Waals surface area (Å²) in [5, 5.41) is 9.90. The lowest BCUT2D eigenvalue weighted by atomic mass is 9.83. The first-order valence-corrected chi connectivity index (χ1v) is 5.60. The number of aliphatic hydroxyl groups is 1. The summed E-state index contributed by atoms with van der Waals surface area (Å²) in [4.78, 5) is 0. The van der Waals surface area contributed by atoms with Crippen molar-refractivity contribution in [3.05, 3.63) is 35.4 Å². The first-order valence-electron chi connectivity index (χ1n) is 5.60. The molecule has 0 aliphatic rings. The lowest BCUT2D eigenvalue weighted by Gasteiger charge is -2.29. The maximum Gasteiger partial charge on any atom is 0.159 e. The van der Waals surface area contributed by atoms with Crippen LogP contribution in [0.4, 0.5) is 8.78 Å². The molecule has 0 spiro atoms. The smallest absolute Gasteiger partial charge is 0.159 e. The van der Waals surface area contributed by atoms with Crippen molar-refractivity contribution in [2.24, 2.45) is 11.1 Å². The molecular weight excluding hydrogens is 260 g/mol. The summed E-state index contributed by atoms with van der Waals surface area (Å²) in [5.41, 5.74) is 6.14. The molecule has 0 aromatic heterocycles. The van der Waals surface area contributed by atoms with Crippen molar-refractivity contribution in [1.29, 1.82) is 0 Å². The molecule has 2 nitrogen and oxygen atoms in total. The zero-order valence-corrected chi connectivity index (χ0v) is 11.6. The molecule has 1 aromatic carbocycles. The van der Waals surface area contributed by atoms with Crippen LogP contribution in [0.15, 0.2) is 18.2 Å². The minimum absolute atomic E-state index is 0. The van der Waals surface area contributed by atoms with Gasteiger partial charge in [0, 0.05) is 6.04 Å². The van der Waals surface area contributed by atoms with E-state index >= 15 is 0 Å². The molecule has 1 rings (SSSR count). The van der Waals surface area contributed by atoms with E-state index in [2.05, 4.69) is 0 Å². The first-order chi connectivity index (χ1) is 7.71. The van der Waals surface area contributed by atoms with Gasteiger partial charge in [0.25, 0.3) is 0 Å². The van der Waals surface area contributed by atoms with E-state index in [-0.39, 0.29) is 23.9 Å². The fourth-order valence-electron chi connectivity index (χ4n) is 1.45. The minimum Gasteiger partial charge on any atom is -0.388 e. The van der Waals surface area contributed by atoms with Gasteiger partial charge < -0.3 is 10.8 Å². The fourth-order valence-corrected chi connectivity index (χ4v) is 1.45. The monoisotopic (exact) mass is 279 g/mol. The lowest BCUT2D eigenvalue weighted by Crippen LogP contribution is -2.36. The van der Waals surface area contributed by atoms with Crippen LogP contribution in [0.1, 0.15) is 38.9 Å². The van der Waals surface area contributed by atoms with Crippen LogP contribution in [-0.4, -0.2) is 11.1 Å². The molecular formula is C13H20ClF2NO. The van der Waals surface area contributed by atoms with Crippen LogP contribution in [0.25, 0.3) is 0 Å². The van der Waals surface area contributed by atoms with Gasteiger partial charge in [0.1, 0.15) is 0 Å². The fraction of sp³-hybridized carbons (Fsp3) is 0.538. The van der Waals surface area contributed by atoms with Crippen LogP contribution in [0.3, 0.4) is 0 Å². The molecule has 0 saturated heterocycles. The predicted octanol–water partition coefficient (Wildman–Crippen LogP) is 3.18. The molecule has 18 heavy (non-hydrogen) atoms. The lowest BCUT2D eigenvalue weighted by molar-refractivity contribution is 0.133. The van der Waals surface area contributed by atoms with Crippen LogP contribution in [-0.2, 0) is 0 Å². The highest BCUT2D eigenvalue weighted by molar-refractivity contribution is 5.85. The molecule has 0 saturated carbocycles. The third-order valence-corrected chi connectivity index (χ3v) is 2.92. The van der Waals surface area contributed by atoms with Gasteiger partial charge in [0.2, 0.25) is 0 Å². The predicted molar refractivity (Wildman–Crippen MR) is 70.6 cm³/mol. The summed E-state index contributed by atoms with van der Waals surface area (Å²) in [7, 11) is 0.